The zero-order chi connectivity index (χ0) is 10.8. The average molecular weight is 210 g/mol. The normalized spacial score (nSPS) is 35.5. The first-order valence-corrected chi connectivity index (χ1v) is 6.15. The van der Waals surface area contributed by atoms with Gasteiger partial charge in [-0.1, -0.05) is 6.42 Å². The molecule has 0 radical (unpaired) electrons. The average Bonchev–Trinajstić information content (AvgIpc) is 2.86. The third-order valence-electron chi connectivity index (χ3n) is 4.21. The highest BCUT2D eigenvalue weighted by Crippen LogP contribution is 2.47. The van der Waals surface area contributed by atoms with Crippen molar-refractivity contribution >= 4 is 5.91 Å². The van der Waals surface area contributed by atoms with Gasteiger partial charge in [0.05, 0.1) is 6.04 Å². The van der Waals surface area contributed by atoms with Crippen molar-refractivity contribution in [2.45, 2.75) is 38.6 Å². The Kier molecular flexibility index (Phi) is 3.29. The largest absolute Gasteiger partial charge is 0.358 e. The van der Waals surface area contributed by atoms with E-state index in [9.17, 15) is 4.79 Å². The molecule has 2 aliphatic carbocycles. The van der Waals surface area contributed by atoms with Crippen LogP contribution in [0.25, 0.3) is 0 Å². The van der Waals surface area contributed by atoms with Crippen LogP contribution in [0, 0.1) is 17.8 Å². The number of carbonyl (C=O) groups is 1. The molecule has 2 aliphatic rings. The highest BCUT2D eigenvalue weighted by Gasteiger charge is 2.39. The van der Waals surface area contributed by atoms with Crippen LogP contribution in [0.3, 0.4) is 0 Å². The highest BCUT2D eigenvalue weighted by atomic mass is 16.2. The lowest BCUT2D eigenvalue weighted by Crippen LogP contribution is -2.43. The van der Waals surface area contributed by atoms with E-state index in [2.05, 4.69) is 10.6 Å². The van der Waals surface area contributed by atoms with Crippen LogP contribution in [0.1, 0.15) is 32.6 Å². The summed E-state index contributed by atoms with van der Waals surface area (Å²) < 4.78 is 0. The molecule has 4 atom stereocenters. The first-order chi connectivity index (χ1) is 7.20. The number of nitrogens with one attached hydrogen (secondary N) is 2. The Labute approximate surface area is 92.0 Å². The van der Waals surface area contributed by atoms with Crippen molar-refractivity contribution < 1.29 is 4.79 Å². The molecule has 2 N–H and O–H groups in total. The first kappa shape index (κ1) is 10.9. The summed E-state index contributed by atoms with van der Waals surface area (Å²) in [6.07, 6.45) is 5.70. The summed E-state index contributed by atoms with van der Waals surface area (Å²) >= 11 is 0. The first-order valence-electron chi connectivity index (χ1n) is 6.15. The molecule has 86 valence electrons. The van der Waals surface area contributed by atoms with Gasteiger partial charge in [0, 0.05) is 7.05 Å². The lowest BCUT2D eigenvalue weighted by molar-refractivity contribution is -0.122. The molecule has 0 aliphatic heterocycles. The Hall–Kier alpha value is -0.570. The minimum absolute atomic E-state index is 0.0471. The van der Waals surface area contributed by atoms with E-state index in [1.807, 2.05) is 6.92 Å². The summed E-state index contributed by atoms with van der Waals surface area (Å²) in [6, 6.07) is -0.0471. The van der Waals surface area contributed by atoms with Crippen molar-refractivity contribution in [2.75, 3.05) is 13.6 Å². The third kappa shape index (κ3) is 2.33. The lowest BCUT2D eigenvalue weighted by Gasteiger charge is -2.23. The zero-order valence-corrected chi connectivity index (χ0v) is 9.75. The molecule has 15 heavy (non-hydrogen) atoms. The lowest BCUT2D eigenvalue weighted by atomic mass is 9.89. The maximum Gasteiger partial charge on any atom is 0.236 e. The van der Waals surface area contributed by atoms with Crippen molar-refractivity contribution in [3.63, 3.8) is 0 Å². The maximum absolute atomic E-state index is 11.3. The standard InChI is InChI=1S/C12H22N2O/c1-8(12(15)13-2)14-7-11-6-9-3-4-10(11)5-9/h8-11,14H,3-7H2,1-2H3,(H,13,15). The van der Waals surface area contributed by atoms with Gasteiger partial charge >= 0.3 is 0 Å². The highest BCUT2D eigenvalue weighted by molar-refractivity contribution is 5.80. The number of hydrogen-bond donors (Lipinski definition) is 2. The van der Waals surface area contributed by atoms with E-state index in [0.29, 0.717) is 0 Å². The molecule has 1 amide bonds. The van der Waals surface area contributed by atoms with Gasteiger partial charge in [-0.3, -0.25) is 4.79 Å². The van der Waals surface area contributed by atoms with E-state index in [1.54, 1.807) is 7.05 Å². The number of carbonyl (C=O) groups excluding carboxylic acids is 1. The van der Waals surface area contributed by atoms with Crippen LogP contribution in [-0.2, 0) is 4.79 Å². The molecule has 0 heterocycles. The van der Waals surface area contributed by atoms with Gasteiger partial charge in [0.15, 0.2) is 0 Å². The van der Waals surface area contributed by atoms with Crippen LogP contribution in [0.15, 0.2) is 0 Å². The van der Waals surface area contributed by atoms with E-state index in [-0.39, 0.29) is 11.9 Å². The summed E-state index contributed by atoms with van der Waals surface area (Å²) in [6.45, 7) is 2.96. The minimum atomic E-state index is -0.0471. The van der Waals surface area contributed by atoms with Crippen molar-refractivity contribution in [3.8, 4) is 0 Å². The molecular formula is C12H22N2O. The van der Waals surface area contributed by atoms with Gasteiger partial charge < -0.3 is 10.6 Å². The van der Waals surface area contributed by atoms with E-state index in [1.165, 1.54) is 25.7 Å². The number of fused-ring (bicyclic) bond motifs is 2. The summed E-state index contributed by atoms with van der Waals surface area (Å²) in [5.41, 5.74) is 0. The van der Waals surface area contributed by atoms with Crippen LogP contribution in [0.4, 0.5) is 0 Å². The van der Waals surface area contributed by atoms with Gasteiger partial charge in [0.25, 0.3) is 0 Å². The summed E-state index contributed by atoms with van der Waals surface area (Å²) in [5.74, 6) is 2.87. The van der Waals surface area contributed by atoms with Crippen molar-refractivity contribution in [1.82, 2.24) is 10.6 Å². The Morgan fingerprint density at radius 2 is 2.20 bits per heavy atom. The monoisotopic (exact) mass is 210 g/mol. The molecule has 0 spiro atoms. The fraction of sp³-hybridized carbons (Fsp3) is 0.917. The minimum Gasteiger partial charge on any atom is -0.358 e. The Morgan fingerprint density at radius 1 is 1.40 bits per heavy atom. The molecule has 4 unspecified atom stereocenters. The maximum atomic E-state index is 11.3. The molecule has 3 nitrogen and oxygen atoms in total. The van der Waals surface area contributed by atoms with E-state index in [0.717, 1.165) is 24.3 Å². The Bertz CT molecular complexity index is 242. The Morgan fingerprint density at radius 3 is 2.73 bits per heavy atom. The van der Waals surface area contributed by atoms with Gasteiger partial charge in [-0.15, -0.1) is 0 Å². The molecule has 3 heteroatoms. The number of likely N-dealkylation sites (N-methyl/N-ethyl adjacent to an activating group) is 1. The molecular weight excluding hydrogens is 188 g/mol. The van der Waals surface area contributed by atoms with Crippen LogP contribution in [-0.4, -0.2) is 25.5 Å². The number of hydrogen-bond acceptors (Lipinski definition) is 2. The molecule has 0 saturated heterocycles. The fourth-order valence-corrected chi connectivity index (χ4v) is 3.26. The SMILES string of the molecule is CNC(=O)C(C)NCC1CC2CCC1C2. The summed E-state index contributed by atoms with van der Waals surface area (Å²) in [5, 5.41) is 6.02. The molecule has 0 aromatic carbocycles. The van der Waals surface area contributed by atoms with Crippen molar-refractivity contribution in [1.29, 1.82) is 0 Å². The van der Waals surface area contributed by atoms with Gasteiger partial charge in [-0.2, -0.15) is 0 Å². The van der Waals surface area contributed by atoms with Crippen molar-refractivity contribution in [3.05, 3.63) is 0 Å². The van der Waals surface area contributed by atoms with Crippen LogP contribution in [0.5, 0.6) is 0 Å². The molecule has 0 aromatic rings. The second kappa shape index (κ2) is 4.52. The number of amides is 1. The van der Waals surface area contributed by atoms with Crippen molar-refractivity contribution in [2.24, 2.45) is 17.8 Å². The topological polar surface area (TPSA) is 41.1 Å². The second-order valence-corrected chi connectivity index (χ2v) is 5.18. The molecule has 2 fully saturated rings. The van der Waals surface area contributed by atoms with Gasteiger partial charge in [-0.05, 0) is 50.5 Å². The quantitative estimate of drug-likeness (QED) is 0.731. The molecule has 2 saturated carbocycles. The van der Waals surface area contributed by atoms with Gasteiger partial charge in [0.2, 0.25) is 5.91 Å². The third-order valence-corrected chi connectivity index (χ3v) is 4.21. The Balaban J connectivity index is 1.72. The predicted octanol–water partition coefficient (Wildman–Crippen LogP) is 1.15. The van der Waals surface area contributed by atoms with E-state index in [4.69, 9.17) is 0 Å². The fourth-order valence-electron chi connectivity index (χ4n) is 3.26. The molecule has 2 bridgehead atoms. The molecule has 0 aromatic heterocycles. The number of rotatable bonds is 4. The zero-order valence-electron chi connectivity index (χ0n) is 9.75. The summed E-state index contributed by atoms with van der Waals surface area (Å²) in [7, 11) is 1.69. The van der Waals surface area contributed by atoms with Crippen LogP contribution < -0.4 is 10.6 Å². The summed E-state index contributed by atoms with van der Waals surface area (Å²) in [4.78, 5) is 11.3. The molecule has 2 rings (SSSR count). The van der Waals surface area contributed by atoms with Gasteiger partial charge in [-0.25, -0.2) is 0 Å². The van der Waals surface area contributed by atoms with Gasteiger partial charge in [0.1, 0.15) is 0 Å². The van der Waals surface area contributed by atoms with E-state index < -0.39 is 0 Å². The smallest absolute Gasteiger partial charge is 0.236 e. The van der Waals surface area contributed by atoms with Crippen LogP contribution in [0.2, 0.25) is 0 Å². The predicted molar refractivity (Wildman–Crippen MR) is 60.5 cm³/mol. The van der Waals surface area contributed by atoms with Crippen LogP contribution >= 0.6 is 0 Å². The van der Waals surface area contributed by atoms with E-state index >= 15 is 0 Å². The second-order valence-electron chi connectivity index (χ2n) is 5.18.